The third-order valence-corrected chi connectivity index (χ3v) is 4.94. The second-order valence-electron chi connectivity index (χ2n) is 5.62. The maximum absolute atomic E-state index is 12.2. The van der Waals surface area contributed by atoms with Gasteiger partial charge in [0.25, 0.3) is 0 Å². The number of ether oxygens (including phenoxy) is 1. The minimum Gasteiger partial charge on any atom is -0.543 e. The number of carboxylic acid groups (broad SMARTS) is 1. The molecule has 2 amide bonds. The topological polar surface area (TPSA) is 116 Å². The van der Waals surface area contributed by atoms with Gasteiger partial charge in [0.15, 0.2) is 0 Å². The first kappa shape index (κ1) is 22.8. The minimum absolute atomic E-state index is 0. The van der Waals surface area contributed by atoms with Gasteiger partial charge in [-0.2, -0.15) is 0 Å². The van der Waals surface area contributed by atoms with Crippen LogP contribution in [0.5, 0.6) is 0 Å². The summed E-state index contributed by atoms with van der Waals surface area (Å²) in [5.41, 5.74) is -0.116. The van der Waals surface area contributed by atoms with Crippen LogP contribution in [0.1, 0.15) is 33.1 Å². The normalized spacial score (nSPS) is 21.2. The number of hydrogen-bond acceptors (Lipinski definition) is 7. The van der Waals surface area contributed by atoms with E-state index in [4.69, 9.17) is 4.74 Å². The maximum Gasteiger partial charge on any atom is 1.00 e. The van der Waals surface area contributed by atoms with Crippen LogP contribution in [0.3, 0.4) is 0 Å². The van der Waals surface area contributed by atoms with E-state index in [1.807, 2.05) is 0 Å². The third-order valence-electron chi connectivity index (χ3n) is 4.02. The molecule has 2 atom stereocenters. The van der Waals surface area contributed by atoms with Gasteiger partial charge < -0.3 is 24.9 Å². The summed E-state index contributed by atoms with van der Waals surface area (Å²) in [4.78, 5) is 47.3. The van der Waals surface area contributed by atoms with E-state index in [1.165, 1.54) is 18.0 Å². The van der Waals surface area contributed by atoms with Gasteiger partial charge >= 0.3 is 35.5 Å². The van der Waals surface area contributed by atoms with Gasteiger partial charge in [-0.25, -0.2) is 0 Å². The molecule has 0 unspecified atom stereocenters. The number of carbonyl (C=O) groups excluding carboxylic acids is 4. The van der Waals surface area contributed by atoms with Crippen LogP contribution in [0.2, 0.25) is 0 Å². The molecular formula is C16H19N2NaO6S. The first-order valence-corrected chi connectivity index (χ1v) is 8.76. The smallest absolute Gasteiger partial charge is 0.543 e. The largest absolute Gasteiger partial charge is 1.00 e. The van der Waals surface area contributed by atoms with Crippen molar-refractivity contribution in [3.8, 4) is 0 Å². The van der Waals surface area contributed by atoms with Crippen LogP contribution in [-0.2, 0) is 23.9 Å². The Balaban J connectivity index is 0.00000338. The van der Waals surface area contributed by atoms with E-state index in [1.54, 1.807) is 12.3 Å². The number of amides is 2. The first-order chi connectivity index (χ1) is 11.9. The molecule has 2 rings (SSSR count). The number of rotatable bonds is 8. The van der Waals surface area contributed by atoms with Crippen LogP contribution in [0.4, 0.5) is 0 Å². The zero-order valence-corrected chi connectivity index (χ0v) is 17.8. The fourth-order valence-electron chi connectivity index (χ4n) is 2.84. The summed E-state index contributed by atoms with van der Waals surface area (Å²) < 4.78 is 4.85. The number of nitrogens with one attached hydrogen (secondary N) is 1. The molecule has 1 N–H and O–H groups in total. The van der Waals surface area contributed by atoms with Gasteiger partial charge in [0.2, 0.25) is 11.8 Å². The third kappa shape index (κ3) is 5.12. The summed E-state index contributed by atoms with van der Waals surface area (Å²) in [5, 5.41) is 15.5. The first-order valence-electron chi connectivity index (χ1n) is 7.88. The second kappa shape index (κ2) is 10.1. The molecule has 26 heavy (non-hydrogen) atoms. The van der Waals surface area contributed by atoms with Crippen molar-refractivity contribution in [2.45, 2.75) is 39.2 Å². The summed E-state index contributed by atoms with van der Waals surface area (Å²) in [7, 11) is 0. The Hall–Kier alpha value is -1.29. The van der Waals surface area contributed by atoms with Crippen molar-refractivity contribution in [2.75, 3.05) is 6.61 Å². The summed E-state index contributed by atoms with van der Waals surface area (Å²) >= 11 is 1.14. The summed E-state index contributed by atoms with van der Waals surface area (Å²) in [6, 6.07) is -0.253. The molecule has 0 aromatic rings. The average molecular weight is 390 g/mol. The predicted molar refractivity (Wildman–Crippen MR) is 87.2 cm³/mol. The fraction of sp³-hybridized carbons (Fsp3) is 0.500. The van der Waals surface area contributed by atoms with E-state index in [0.29, 0.717) is 24.2 Å². The Morgan fingerprint density at radius 1 is 1.42 bits per heavy atom. The number of nitrogens with zero attached hydrogens (tertiary/aromatic N) is 1. The van der Waals surface area contributed by atoms with Gasteiger partial charge in [0.1, 0.15) is 0 Å². The number of carbonyl (C=O) groups is 4. The molecular weight excluding hydrogens is 371 g/mol. The van der Waals surface area contributed by atoms with Gasteiger partial charge in [0, 0.05) is 30.9 Å². The van der Waals surface area contributed by atoms with Crippen LogP contribution >= 0.6 is 11.8 Å². The van der Waals surface area contributed by atoms with Crippen LogP contribution in [0, 0.1) is 5.92 Å². The molecule has 0 aromatic heterocycles. The van der Waals surface area contributed by atoms with Gasteiger partial charge in [-0.3, -0.25) is 14.4 Å². The molecule has 10 heteroatoms. The van der Waals surface area contributed by atoms with Crippen molar-refractivity contribution >= 4 is 35.5 Å². The number of thioether (sulfide) groups is 1. The molecule has 8 nitrogen and oxygen atoms in total. The summed E-state index contributed by atoms with van der Waals surface area (Å²) in [6.45, 7) is 3.14. The second-order valence-corrected chi connectivity index (χ2v) is 6.62. The van der Waals surface area contributed by atoms with Crippen LogP contribution < -0.4 is 40.0 Å². The molecule has 0 bridgehead atoms. The van der Waals surface area contributed by atoms with Crippen molar-refractivity contribution in [1.29, 1.82) is 0 Å². The van der Waals surface area contributed by atoms with Gasteiger partial charge in [-0.05, 0) is 11.8 Å². The van der Waals surface area contributed by atoms with E-state index in [0.717, 1.165) is 11.8 Å². The maximum atomic E-state index is 12.2. The molecule has 2 heterocycles. The molecule has 0 radical (unpaired) electrons. The van der Waals surface area contributed by atoms with E-state index >= 15 is 0 Å². The zero-order valence-electron chi connectivity index (χ0n) is 14.9. The van der Waals surface area contributed by atoms with Crippen molar-refractivity contribution in [3.05, 3.63) is 22.2 Å². The van der Waals surface area contributed by atoms with E-state index in [9.17, 15) is 24.3 Å². The number of hydrogen-bond donors (Lipinski definition) is 1. The Morgan fingerprint density at radius 3 is 2.69 bits per heavy atom. The molecule has 0 spiro atoms. The van der Waals surface area contributed by atoms with Crippen molar-refractivity contribution in [1.82, 2.24) is 10.2 Å². The Labute approximate surface area is 177 Å². The summed E-state index contributed by atoms with van der Waals surface area (Å²) in [5.74, 6) is -2.63. The average Bonchev–Trinajstić information content (AvgIpc) is 2.90. The van der Waals surface area contributed by atoms with Crippen molar-refractivity contribution in [2.24, 2.45) is 5.92 Å². The monoisotopic (exact) mass is 390 g/mol. The van der Waals surface area contributed by atoms with Crippen LogP contribution in [-0.4, -0.2) is 41.3 Å². The van der Waals surface area contributed by atoms with Gasteiger partial charge in [-0.1, -0.05) is 18.7 Å². The number of fused-ring (bicyclic) bond motifs is 1. The number of aliphatic carboxylic acids is 1. The molecule has 136 valence electrons. The molecule has 1 fully saturated rings. The molecule has 0 aromatic carbocycles. The Bertz CT molecular complexity index is 663. The van der Waals surface area contributed by atoms with Crippen molar-refractivity contribution in [3.63, 3.8) is 0 Å². The molecule has 1 saturated heterocycles. The van der Waals surface area contributed by atoms with E-state index < -0.39 is 11.9 Å². The van der Waals surface area contributed by atoms with Gasteiger partial charge in [0.05, 0.1) is 30.2 Å². The Kier molecular flexibility index (Phi) is 8.88. The van der Waals surface area contributed by atoms with Crippen LogP contribution in [0.25, 0.3) is 0 Å². The molecule has 0 aliphatic carbocycles. The number of esters is 1. The van der Waals surface area contributed by atoms with Crippen LogP contribution in [0.15, 0.2) is 22.2 Å². The summed E-state index contributed by atoms with van der Waals surface area (Å²) in [6.07, 6.45) is 2.54. The predicted octanol–water partition coefficient (Wildman–Crippen LogP) is -3.13. The standard InChI is InChI=1S/C16H20N2O6S.Na/c1-3-13(20)17-5-7-25-12-8-11-10(4-6-24-9(2)19)15(21)18(11)14(12)16(22)23;/h5,7,10-11H,3-4,6,8H2,1-2H3,(H,17,20)(H,22,23);/q;+1/p-1/t10-,11+;/m0./s1. The Morgan fingerprint density at radius 2 is 2.12 bits per heavy atom. The minimum atomic E-state index is -1.40. The van der Waals surface area contributed by atoms with E-state index in [2.05, 4.69) is 5.32 Å². The van der Waals surface area contributed by atoms with Gasteiger partial charge in [-0.15, -0.1) is 0 Å². The van der Waals surface area contributed by atoms with Crippen molar-refractivity contribution < 1.29 is 58.6 Å². The molecule has 0 saturated carbocycles. The quantitative estimate of drug-likeness (QED) is 0.265. The number of β-lactam (4-membered cyclic amide) rings is 1. The fourth-order valence-corrected chi connectivity index (χ4v) is 3.70. The SMILES string of the molecule is CCC(=O)NC=CSC1=C(C(=O)[O-])N2C(=O)[C@@H](CCOC(C)=O)[C@H]2C1.[Na+]. The van der Waals surface area contributed by atoms with E-state index in [-0.39, 0.29) is 65.6 Å². The molecule has 2 aliphatic rings. The number of carboxylic acids is 1. The zero-order chi connectivity index (χ0) is 18.6. The molecule has 2 aliphatic heterocycles.